The Kier molecular flexibility index (Phi) is 4.19. The summed E-state index contributed by atoms with van der Waals surface area (Å²) in [6.07, 6.45) is 3.07. The molecule has 2 aromatic rings. The van der Waals surface area contributed by atoms with Crippen LogP contribution in [-0.4, -0.2) is 6.26 Å². The maximum atomic E-state index is 4.45. The lowest BCUT2D eigenvalue weighted by Crippen LogP contribution is -1.89. The highest BCUT2D eigenvalue weighted by atomic mass is 32.2. The van der Waals surface area contributed by atoms with Gasteiger partial charge in [0.15, 0.2) is 0 Å². The zero-order chi connectivity index (χ0) is 12.3. The van der Waals surface area contributed by atoms with Gasteiger partial charge in [0.2, 0.25) is 0 Å². The molecular weight excluding hydrogens is 244 g/mol. The standard InChI is InChI=1S/C15H16S2/c1-11-3-5-12(6-4-11)7-13-8-14(16)10-15(9-13)17-2/h3-6,8-10,16H,7H2,1-2H3. The Hall–Kier alpha value is -0.860. The lowest BCUT2D eigenvalue weighted by atomic mass is 10.0. The molecule has 2 heteroatoms. The SMILES string of the molecule is CSc1cc(S)cc(Cc2ccc(C)cc2)c1. The molecule has 0 aromatic heterocycles. The van der Waals surface area contributed by atoms with Gasteiger partial charge in [-0.05, 0) is 48.9 Å². The van der Waals surface area contributed by atoms with E-state index >= 15 is 0 Å². The van der Waals surface area contributed by atoms with Crippen LogP contribution in [0.15, 0.2) is 52.3 Å². The van der Waals surface area contributed by atoms with E-state index in [0.29, 0.717) is 0 Å². The van der Waals surface area contributed by atoms with Gasteiger partial charge in [-0.2, -0.15) is 0 Å². The number of benzene rings is 2. The summed E-state index contributed by atoms with van der Waals surface area (Å²) in [5.41, 5.74) is 3.98. The lowest BCUT2D eigenvalue weighted by molar-refractivity contribution is 1.14. The monoisotopic (exact) mass is 260 g/mol. The molecule has 0 aliphatic rings. The summed E-state index contributed by atoms with van der Waals surface area (Å²) in [6.45, 7) is 2.12. The Morgan fingerprint density at radius 2 is 1.71 bits per heavy atom. The van der Waals surface area contributed by atoms with Crippen molar-refractivity contribution in [2.24, 2.45) is 0 Å². The zero-order valence-corrected chi connectivity index (χ0v) is 11.8. The number of rotatable bonds is 3. The van der Waals surface area contributed by atoms with Crippen LogP contribution in [0.25, 0.3) is 0 Å². The van der Waals surface area contributed by atoms with Gasteiger partial charge in [-0.25, -0.2) is 0 Å². The van der Waals surface area contributed by atoms with E-state index in [1.807, 2.05) is 0 Å². The van der Waals surface area contributed by atoms with E-state index in [1.165, 1.54) is 21.6 Å². The van der Waals surface area contributed by atoms with E-state index in [-0.39, 0.29) is 0 Å². The molecule has 0 nitrogen and oxygen atoms in total. The number of hydrogen-bond donors (Lipinski definition) is 1. The molecule has 0 heterocycles. The van der Waals surface area contributed by atoms with E-state index in [0.717, 1.165) is 11.3 Å². The normalized spacial score (nSPS) is 10.5. The van der Waals surface area contributed by atoms with Crippen LogP contribution in [0.2, 0.25) is 0 Å². The van der Waals surface area contributed by atoms with Gasteiger partial charge in [-0.15, -0.1) is 24.4 Å². The van der Waals surface area contributed by atoms with Crippen LogP contribution in [0.3, 0.4) is 0 Å². The Balaban J connectivity index is 2.23. The second kappa shape index (κ2) is 5.65. The van der Waals surface area contributed by atoms with E-state index in [9.17, 15) is 0 Å². The molecule has 0 radical (unpaired) electrons. The van der Waals surface area contributed by atoms with Gasteiger partial charge in [-0.1, -0.05) is 29.8 Å². The van der Waals surface area contributed by atoms with E-state index in [2.05, 4.69) is 68.3 Å². The van der Waals surface area contributed by atoms with Crippen molar-refractivity contribution in [3.63, 3.8) is 0 Å². The third kappa shape index (κ3) is 3.55. The minimum absolute atomic E-state index is 0.974. The van der Waals surface area contributed by atoms with Crippen LogP contribution in [0.1, 0.15) is 16.7 Å². The van der Waals surface area contributed by atoms with Crippen LogP contribution in [-0.2, 0) is 6.42 Å². The highest BCUT2D eigenvalue weighted by Crippen LogP contribution is 2.22. The van der Waals surface area contributed by atoms with Gasteiger partial charge in [0, 0.05) is 9.79 Å². The van der Waals surface area contributed by atoms with Gasteiger partial charge >= 0.3 is 0 Å². The van der Waals surface area contributed by atoms with Crippen molar-refractivity contribution in [3.8, 4) is 0 Å². The van der Waals surface area contributed by atoms with Crippen molar-refractivity contribution < 1.29 is 0 Å². The van der Waals surface area contributed by atoms with Crippen molar-refractivity contribution in [2.45, 2.75) is 23.1 Å². The minimum atomic E-state index is 0.974. The fraction of sp³-hybridized carbons (Fsp3) is 0.200. The molecule has 88 valence electrons. The van der Waals surface area contributed by atoms with Gasteiger partial charge in [0.1, 0.15) is 0 Å². The summed E-state index contributed by atoms with van der Waals surface area (Å²) in [6, 6.07) is 15.2. The highest BCUT2D eigenvalue weighted by molar-refractivity contribution is 7.98. The quantitative estimate of drug-likeness (QED) is 0.622. The van der Waals surface area contributed by atoms with E-state index < -0.39 is 0 Å². The first-order valence-corrected chi connectivity index (χ1v) is 7.27. The molecule has 0 aliphatic heterocycles. The molecule has 0 fully saturated rings. The molecule has 17 heavy (non-hydrogen) atoms. The van der Waals surface area contributed by atoms with Crippen molar-refractivity contribution in [2.75, 3.05) is 6.26 Å². The van der Waals surface area contributed by atoms with Crippen molar-refractivity contribution >= 4 is 24.4 Å². The van der Waals surface area contributed by atoms with Gasteiger partial charge < -0.3 is 0 Å². The van der Waals surface area contributed by atoms with Crippen LogP contribution in [0.4, 0.5) is 0 Å². The maximum absolute atomic E-state index is 4.45. The highest BCUT2D eigenvalue weighted by Gasteiger charge is 2.00. The average molecular weight is 260 g/mol. The number of hydrogen-bond acceptors (Lipinski definition) is 2. The smallest absolute Gasteiger partial charge is 0.00830 e. The van der Waals surface area contributed by atoms with Crippen LogP contribution >= 0.6 is 24.4 Å². The first kappa shape index (κ1) is 12.6. The van der Waals surface area contributed by atoms with Gasteiger partial charge in [-0.3, -0.25) is 0 Å². The summed E-state index contributed by atoms with van der Waals surface area (Å²) in [5, 5.41) is 0. The molecule has 0 atom stereocenters. The summed E-state index contributed by atoms with van der Waals surface area (Å²) >= 11 is 6.21. The van der Waals surface area contributed by atoms with E-state index in [4.69, 9.17) is 0 Å². The van der Waals surface area contributed by atoms with Gasteiger partial charge in [0.05, 0.1) is 0 Å². The third-order valence-corrected chi connectivity index (χ3v) is 3.68. The number of thiol groups is 1. The molecule has 0 amide bonds. The molecule has 0 N–H and O–H groups in total. The minimum Gasteiger partial charge on any atom is -0.143 e. The first-order valence-electron chi connectivity index (χ1n) is 5.60. The second-order valence-corrected chi connectivity index (χ2v) is 5.60. The third-order valence-electron chi connectivity index (χ3n) is 2.72. The van der Waals surface area contributed by atoms with Crippen molar-refractivity contribution in [1.29, 1.82) is 0 Å². The molecule has 2 rings (SSSR count). The van der Waals surface area contributed by atoms with Crippen molar-refractivity contribution in [1.82, 2.24) is 0 Å². The zero-order valence-electron chi connectivity index (χ0n) is 10.1. The average Bonchev–Trinajstić information content (AvgIpc) is 2.31. The fourth-order valence-electron chi connectivity index (χ4n) is 1.80. The number of aryl methyl sites for hydroxylation is 1. The Morgan fingerprint density at radius 3 is 2.35 bits per heavy atom. The molecule has 0 saturated carbocycles. The predicted molar refractivity (Wildman–Crippen MR) is 79.5 cm³/mol. The summed E-state index contributed by atoms with van der Waals surface area (Å²) in [4.78, 5) is 2.32. The fourth-order valence-corrected chi connectivity index (χ4v) is 2.71. The first-order chi connectivity index (χ1) is 8.17. The summed E-state index contributed by atoms with van der Waals surface area (Å²) in [7, 11) is 0. The lowest BCUT2D eigenvalue weighted by Gasteiger charge is -2.06. The Morgan fingerprint density at radius 1 is 1.00 bits per heavy atom. The molecule has 2 aromatic carbocycles. The molecule has 0 saturated heterocycles. The maximum Gasteiger partial charge on any atom is 0.00830 e. The van der Waals surface area contributed by atoms with Crippen molar-refractivity contribution in [3.05, 3.63) is 59.2 Å². The summed E-state index contributed by atoms with van der Waals surface area (Å²) in [5.74, 6) is 0. The number of thioether (sulfide) groups is 1. The molecular formula is C15H16S2. The van der Waals surface area contributed by atoms with Crippen LogP contribution in [0.5, 0.6) is 0 Å². The Bertz CT molecular complexity index is 501. The van der Waals surface area contributed by atoms with Gasteiger partial charge in [0.25, 0.3) is 0 Å². The molecule has 0 aliphatic carbocycles. The molecule has 0 unspecified atom stereocenters. The largest absolute Gasteiger partial charge is 0.143 e. The summed E-state index contributed by atoms with van der Waals surface area (Å²) < 4.78 is 0. The molecule has 0 bridgehead atoms. The predicted octanol–water partition coefficient (Wildman–Crippen LogP) is 4.60. The second-order valence-electron chi connectivity index (χ2n) is 4.20. The van der Waals surface area contributed by atoms with E-state index in [1.54, 1.807) is 11.8 Å². The molecule has 0 spiro atoms. The van der Waals surface area contributed by atoms with Crippen LogP contribution < -0.4 is 0 Å². The van der Waals surface area contributed by atoms with Crippen LogP contribution in [0, 0.1) is 6.92 Å². The topological polar surface area (TPSA) is 0 Å². The Labute approximate surface area is 113 Å².